The number of carboxylic acid groups (broad SMARTS) is 1. The van der Waals surface area contributed by atoms with E-state index in [-0.39, 0.29) is 13.0 Å². The van der Waals surface area contributed by atoms with Crippen LogP contribution in [0.2, 0.25) is 0 Å². The molecule has 0 aromatic heterocycles. The maximum absolute atomic E-state index is 12.7. The molecule has 1 heterocycles. The van der Waals surface area contributed by atoms with Crippen molar-refractivity contribution in [2.24, 2.45) is 5.92 Å². The van der Waals surface area contributed by atoms with E-state index in [0.29, 0.717) is 19.6 Å². The smallest absolute Gasteiger partial charge is 0.339 e. The van der Waals surface area contributed by atoms with Crippen LogP contribution in [0.25, 0.3) is 0 Å². The summed E-state index contributed by atoms with van der Waals surface area (Å²) in [4.78, 5) is 24.7. The number of unbranched alkanes of at least 4 members (excludes halogenated alkanes) is 8. The van der Waals surface area contributed by atoms with E-state index in [1.54, 1.807) is 26.8 Å². The standard InChI is InChI=1S/C29H52O8/c1-6-7-8-12-15-18-28(35-22-23-36-28)19-16-13-10-9-11-14-17-24(25(30)31)29(33,20-21-34-5)26(32)37-27(2,3)4/h14,17,24,33H,6-13,15-16,18-23H2,1-5H3,(H,30,31)/b17-14+/t24-,29+/m1/s1. The summed E-state index contributed by atoms with van der Waals surface area (Å²) in [5.41, 5.74) is -3.06. The van der Waals surface area contributed by atoms with Crippen LogP contribution in [-0.2, 0) is 28.5 Å². The average molecular weight is 529 g/mol. The number of carboxylic acids is 1. The van der Waals surface area contributed by atoms with E-state index >= 15 is 0 Å². The molecule has 0 unspecified atom stereocenters. The third kappa shape index (κ3) is 12.7. The molecule has 0 radical (unpaired) electrons. The average Bonchev–Trinajstić information content (AvgIpc) is 3.29. The van der Waals surface area contributed by atoms with Crippen molar-refractivity contribution in [3.63, 3.8) is 0 Å². The molecule has 1 aliphatic rings. The number of carbonyl (C=O) groups is 2. The highest BCUT2D eigenvalue weighted by molar-refractivity contribution is 5.88. The van der Waals surface area contributed by atoms with E-state index < -0.39 is 34.8 Å². The number of aliphatic carboxylic acids is 1. The molecular weight excluding hydrogens is 476 g/mol. The molecule has 0 aromatic rings. The molecule has 8 heteroatoms. The number of carbonyl (C=O) groups excluding carboxylic acids is 1. The van der Waals surface area contributed by atoms with Gasteiger partial charge in [0.15, 0.2) is 11.4 Å². The van der Waals surface area contributed by atoms with E-state index in [0.717, 1.165) is 44.9 Å². The summed E-state index contributed by atoms with van der Waals surface area (Å²) >= 11 is 0. The van der Waals surface area contributed by atoms with Gasteiger partial charge in [0.05, 0.1) is 13.2 Å². The molecular formula is C29H52O8. The fourth-order valence-corrected chi connectivity index (χ4v) is 4.61. The summed E-state index contributed by atoms with van der Waals surface area (Å²) in [5, 5.41) is 20.9. The van der Waals surface area contributed by atoms with Crippen molar-refractivity contribution in [3.05, 3.63) is 12.2 Å². The Kier molecular flexibility index (Phi) is 15.6. The van der Waals surface area contributed by atoms with Gasteiger partial charge in [-0.2, -0.15) is 0 Å². The van der Waals surface area contributed by atoms with E-state index in [2.05, 4.69) is 6.92 Å². The van der Waals surface area contributed by atoms with Gasteiger partial charge in [-0.3, -0.25) is 4.79 Å². The molecule has 8 nitrogen and oxygen atoms in total. The number of esters is 1. The zero-order chi connectivity index (χ0) is 27.8. The predicted octanol–water partition coefficient (Wildman–Crippen LogP) is 5.80. The van der Waals surface area contributed by atoms with Crippen LogP contribution in [0.3, 0.4) is 0 Å². The van der Waals surface area contributed by atoms with Gasteiger partial charge in [0, 0.05) is 33.0 Å². The number of allylic oxidation sites excluding steroid dienone is 1. The molecule has 1 saturated heterocycles. The Morgan fingerprint density at radius 3 is 2.05 bits per heavy atom. The van der Waals surface area contributed by atoms with Crippen molar-refractivity contribution in [3.8, 4) is 0 Å². The first-order valence-electron chi connectivity index (χ1n) is 14.1. The summed E-state index contributed by atoms with van der Waals surface area (Å²) in [7, 11) is 1.43. The summed E-state index contributed by atoms with van der Waals surface area (Å²) in [5.74, 6) is -4.07. The highest BCUT2D eigenvalue weighted by atomic mass is 16.7. The van der Waals surface area contributed by atoms with Crippen LogP contribution >= 0.6 is 0 Å². The molecule has 0 aliphatic carbocycles. The number of hydrogen-bond donors (Lipinski definition) is 2. The molecule has 0 spiro atoms. The van der Waals surface area contributed by atoms with Gasteiger partial charge in [0.25, 0.3) is 0 Å². The molecule has 0 amide bonds. The minimum Gasteiger partial charge on any atom is -0.481 e. The van der Waals surface area contributed by atoms with Crippen molar-refractivity contribution in [2.45, 2.75) is 128 Å². The minimum atomic E-state index is -2.21. The lowest BCUT2D eigenvalue weighted by atomic mass is 9.83. The quantitative estimate of drug-likeness (QED) is 0.116. The summed E-state index contributed by atoms with van der Waals surface area (Å²) in [6.07, 6.45) is 15.6. The Balaban J connectivity index is 2.52. The topological polar surface area (TPSA) is 112 Å². The number of hydrogen-bond acceptors (Lipinski definition) is 7. The van der Waals surface area contributed by atoms with Crippen molar-refractivity contribution in [1.82, 2.24) is 0 Å². The maximum Gasteiger partial charge on any atom is 0.339 e. The molecule has 2 atom stereocenters. The van der Waals surface area contributed by atoms with Crippen LogP contribution in [0.4, 0.5) is 0 Å². The predicted molar refractivity (Wildman–Crippen MR) is 143 cm³/mol. The monoisotopic (exact) mass is 528 g/mol. The Morgan fingerprint density at radius 1 is 0.973 bits per heavy atom. The van der Waals surface area contributed by atoms with Crippen molar-refractivity contribution >= 4 is 11.9 Å². The summed E-state index contributed by atoms with van der Waals surface area (Å²) in [6.45, 7) is 8.61. The lowest BCUT2D eigenvalue weighted by Crippen LogP contribution is -2.52. The largest absolute Gasteiger partial charge is 0.481 e. The Morgan fingerprint density at radius 2 is 1.54 bits per heavy atom. The van der Waals surface area contributed by atoms with E-state index in [9.17, 15) is 19.8 Å². The lowest BCUT2D eigenvalue weighted by Gasteiger charge is -2.33. The third-order valence-electron chi connectivity index (χ3n) is 6.70. The first-order valence-corrected chi connectivity index (χ1v) is 14.1. The van der Waals surface area contributed by atoms with Gasteiger partial charge in [0.1, 0.15) is 11.5 Å². The molecule has 2 N–H and O–H groups in total. The first-order chi connectivity index (χ1) is 17.5. The highest BCUT2D eigenvalue weighted by Gasteiger charge is 2.49. The van der Waals surface area contributed by atoms with Crippen molar-refractivity contribution in [1.29, 1.82) is 0 Å². The number of methoxy groups -OCH3 is 1. The van der Waals surface area contributed by atoms with Crippen molar-refractivity contribution < 1.29 is 38.7 Å². The van der Waals surface area contributed by atoms with Crippen LogP contribution in [0, 0.1) is 5.92 Å². The van der Waals surface area contributed by atoms with Gasteiger partial charge in [0.2, 0.25) is 0 Å². The second-order valence-electron chi connectivity index (χ2n) is 11.1. The van der Waals surface area contributed by atoms with E-state index in [1.807, 2.05) is 0 Å². The SMILES string of the molecule is CCCCCCCC1(CCCCCC/C=C/[C@H](C(=O)O)[C@@](O)(CCOC)C(=O)OC(C)(C)C)OCCO1. The second-order valence-corrected chi connectivity index (χ2v) is 11.1. The maximum atomic E-state index is 12.7. The third-order valence-corrected chi connectivity index (χ3v) is 6.70. The van der Waals surface area contributed by atoms with E-state index in [1.165, 1.54) is 38.9 Å². The summed E-state index contributed by atoms with van der Waals surface area (Å²) in [6, 6.07) is 0. The van der Waals surface area contributed by atoms with Crippen LogP contribution in [-0.4, -0.2) is 66.1 Å². The summed E-state index contributed by atoms with van der Waals surface area (Å²) < 4.78 is 22.3. The van der Waals surface area contributed by atoms with Crippen LogP contribution < -0.4 is 0 Å². The lowest BCUT2D eigenvalue weighted by molar-refractivity contribution is -0.188. The molecule has 1 aliphatic heterocycles. The minimum absolute atomic E-state index is 0.0288. The van der Waals surface area contributed by atoms with Gasteiger partial charge in [-0.1, -0.05) is 57.6 Å². The van der Waals surface area contributed by atoms with Gasteiger partial charge in [-0.15, -0.1) is 0 Å². The Labute approximate surface area is 224 Å². The zero-order valence-electron chi connectivity index (χ0n) is 23.9. The van der Waals surface area contributed by atoms with Gasteiger partial charge < -0.3 is 29.2 Å². The number of aliphatic hydroxyl groups is 1. The normalized spacial score (nSPS) is 18.1. The van der Waals surface area contributed by atoms with Gasteiger partial charge >= 0.3 is 11.9 Å². The Hall–Kier alpha value is -1.48. The van der Waals surface area contributed by atoms with Crippen LogP contribution in [0.1, 0.15) is 111 Å². The number of ether oxygens (including phenoxy) is 4. The van der Waals surface area contributed by atoms with E-state index in [4.69, 9.17) is 18.9 Å². The first kappa shape index (κ1) is 33.5. The zero-order valence-corrected chi connectivity index (χ0v) is 23.9. The van der Waals surface area contributed by atoms with Crippen LogP contribution in [0.15, 0.2) is 12.2 Å². The second kappa shape index (κ2) is 17.2. The fourth-order valence-electron chi connectivity index (χ4n) is 4.61. The van der Waals surface area contributed by atoms with Gasteiger partial charge in [-0.25, -0.2) is 4.79 Å². The van der Waals surface area contributed by atoms with Gasteiger partial charge in [-0.05, 0) is 46.5 Å². The molecule has 1 fully saturated rings. The highest BCUT2D eigenvalue weighted by Crippen LogP contribution is 2.32. The molecule has 216 valence electrons. The molecule has 37 heavy (non-hydrogen) atoms. The number of rotatable bonds is 20. The molecule has 0 aromatic carbocycles. The molecule has 0 bridgehead atoms. The fraction of sp³-hybridized carbons (Fsp3) is 0.862. The van der Waals surface area contributed by atoms with Crippen LogP contribution in [0.5, 0.6) is 0 Å². The van der Waals surface area contributed by atoms with Crippen molar-refractivity contribution in [2.75, 3.05) is 26.9 Å². The molecule has 0 saturated carbocycles. The molecule has 1 rings (SSSR count). The Bertz CT molecular complexity index is 678.